The number of aliphatic hydroxyl groups is 4. The Morgan fingerprint density at radius 1 is 0.933 bits per heavy atom. The van der Waals surface area contributed by atoms with Gasteiger partial charge in [0.1, 0.15) is 30.2 Å². The molecule has 1 aliphatic rings. The minimum atomic E-state index is -1.77. The van der Waals surface area contributed by atoms with Crippen molar-refractivity contribution in [2.24, 2.45) is 0 Å². The minimum Gasteiger partial charge on any atom is -0.504 e. The van der Waals surface area contributed by atoms with E-state index in [2.05, 4.69) is 0 Å². The van der Waals surface area contributed by atoms with Crippen LogP contribution in [0.25, 0.3) is 12.2 Å². The van der Waals surface area contributed by atoms with Gasteiger partial charge < -0.3 is 49.6 Å². The van der Waals surface area contributed by atoms with Crippen LogP contribution >= 0.6 is 0 Å². The molecule has 7 N–H and O–H groups in total. The van der Waals surface area contributed by atoms with Gasteiger partial charge in [-0.05, 0) is 23.8 Å². The van der Waals surface area contributed by atoms with Crippen molar-refractivity contribution in [1.29, 1.82) is 0 Å². The predicted molar refractivity (Wildman–Crippen MR) is 99.7 cm³/mol. The molecule has 0 amide bonds. The molecule has 2 aromatic rings. The van der Waals surface area contributed by atoms with E-state index in [1.54, 1.807) is 0 Å². The molecule has 0 unspecified atom stereocenters. The lowest BCUT2D eigenvalue weighted by Gasteiger charge is -2.39. The van der Waals surface area contributed by atoms with Crippen LogP contribution in [0.2, 0.25) is 0 Å². The summed E-state index contributed by atoms with van der Waals surface area (Å²) in [7, 11) is 0. The van der Waals surface area contributed by atoms with Gasteiger partial charge in [0, 0.05) is 6.07 Å². The fourth-order valence-electron chi connectivity index (χ4n) is 2.78. The van der Waals surface area contributed by atoms with Gasteiger partial charge in [0.15, 0.2) is 17.2 Å². The fourth-order valence-corrected chi connectivity index (χ4v) is 2.78. The summed E-state index contributed by atoms with van der Waals surface area (Å²) in [5, 5.41) is 67.6. The molecule has 1 fully saturated rings. The summed E-state index contributed by atoms with van der Waals surface area (Å²) in [6.07, 6.45) is -5.29. The lowest BCUT2D eigenvalue weighted by atomic mass is 9.99. The number of hydrogen-bond donors (Lipinski definition) is 7. The van der Waals surface area contributed by atoms with E-state index < -0.39 is 54.4 Å². The van der Waals surface area contributed by atoms with E-state index in [0.717, 1.165) is 6.07 Å². The Kier molecular flexibility index (Phi) is 6.29. The Labute approximate surface area is 168 Å². The molecule has 1 aromatic heterocycles. The van der Waals surface area contributed by atoms with E-state index in [4.69, 9.17) is 13.9 Å². The third-order valence-electron chi connectivity index (χ3n) is 4.43. The molecule has 5 atom stereocenters. The monoisotopic (exact) mass is 424 g/mol. The van der Waals surface area contributed by atoms with Crippen LogP contribution in [-0.2, 0) is 4.74 Å². The maximum atomic E-state index is 12.2. The highest BCUT2D eigenvalue weighted by Gasteiger charge is 2.45. The summed E-state index contributed by atoms with van der Waals surface area (Å²) < 4.78 is 15.3. The summed E-state index contributed by atoms with van der Waals surface area (Å²) in [5.74, 6) is -2.09. The summed E-state index contributed by atoms with van der Waals surface area (Å²) in [4.78, 5) is 12.2. The normalized spacial score (nSPS) is 26.7. The molecular weight excluding hydrogens is 404 g/mol. The smallest absolute Gasteiger partial charge is 0.383 e. The highest BCUT2D eigenvalue weighted by Crippen LogP contribution is 2.29. The van der Waals surface area contributed by atoms with Crippen molar-refractivity contribution in [2.75, 3.05) is 6.61 Å². The number of benzene rings is 1. The van der Waals surface area contributed by atoms with Gasteiger partial charge in [-0.15, -0.1) is 0 Å². The molecule has 1 aliphatic heterocycles. The molecule has 11 nitrogen and oxygen atoms in total. The van der Waals surface area contributed by atoms with Gasteiger partial charge in [-0.2, -0.15) is 0 Å². The number of hydrogen-bond acceptors (Lipinski definition) is 11. The van der Waals surface area contributed by atoms with Crippen LogP contribution < -0.4 is 10.4 Å². The average molecular weight is 424 g/mol. The lowest BCUT2D eigenvalue weighted by molar-refractivity contribution is -0.278. The SMILES string of the molecule is O=c1oc(C=Cc2ccc(O)c(O)c2)cc(O)c1O[C@@H]1O[C@H](CO)[C@@H](O)[C@H](O)[C@H]1O. The summed E-state index contributed by atoms with van der Waals surface area (Å²) in [5.41, 5.74) is -0.658. The molecule has 162 valence electrons. The average Bonchev–Trinajstić information content (AvgIpc) is 2.71. The quantitative estimate of drug-likeness (QED) is 0.295. The second-order valence-corrected chi connectivity index (χ2v) is 6.55. The zero-order valence-corrected chi connectivity index (χ0v) is 15.3. The molecule has 1 aromatic carbocycles. The Bertz CT molecular complexity index is 981. The van der Waals surface area contributed by atoms with Crippen LogP contribution in [0.5, 0.6) is 23.0 Å². The molecule has 1 saturated heterocycles. The van der Waals surface area contributed by atoms with E-state index >= 15 is 0 Å². The maximum absolute atomic E-state index is 12.2. The first-order valence-corrected chi connectivity index (χ1v) is 8.75. The van der Waals surface area contributed by atoms with Crippen molar-refractivity contribution in [3.63, 3.8) is 0 Å². The van der Waals surface area contributed by atoms with E-state index in [0.29, 0.717) is 5.56 Å². The first kappa shape index (κ1) is 21.6. The van der Waals surface area contributed by atoms with Crippen molar-refractivity contribution in [3.05, 3.63) is 46.0 Å². The zero-order valence-electron chi connectivity index (χ0n) is 15.3. The third-order valence-corrected chi connectivity index (χ3v) is 4.43. The molecule has 11 heteroatoms. The number of rotatable bonds is 5. The highest BCUT2D eigenvalue weighted by molar-refractivity contribution is 5.69. The molecule has 3 rings (SSSR count). The van der Waals surface area contributed by atoms with Crippen LogP contribution in [0, 0.1) is 0 Å². The van der Waals surface area contributed by atoms with E-state index in [9.17, 15) is 40.5 Å². The first-order valence-electron chi connectivity index (χ1n) is 8.75. The van der Waals surface area contributed by atoms with Crippen LogP contribution in [0.1, 0.15) is 11.3 Å². The number of phenols is 2. The fraction of sp³-hybridized carbons (Fsp3) is 0.316. The van der Waals surface area contributed by atoms with Crippen LogP contribution in [0.15, 0.2) is 33.5 Å². The van der Waals surface area contributed by atoms with Gasteiger partial charge in [-0.3, -0.25) is 0 Å². The minimum absolute atomic E-state index is 0.0776. The van der Waals surface area contributed by atoms with Gasteiger partial charge >= 0.3 is 5.63 Å². The topological polar surface area (TPSA) is 190 Å². The molecule has 0 radical (unpaired) electrons. The van der Waals surface area contributed by atoms with Crippen LogP contribution in [-0.4, -0.2) is 73.1 Å². The number of aliphatic hydroxyl groups excluding tert-OH is 4. The molecule has 0 saturated carbocycles. The number of aromatic hydroxyl groups is 3. The number of ether oxygens (including phenoxy) is 2. The molecular formula is C19H20O11. The largest absolute Gasteiger partial charge is 0.504 e. The summed E-state index contributed by atoms with van der Waals surface area (Å²) in [6.45, 7) is -0.693. The number of phenolic OH excluding ortho intramolecular Hbond substituents is 2. The van der Waals surface area contributed by atoms with E-state index in [1.165, 1.54) is 30.4 Å². The van der Waals surface area contributed by atoms with Crippen LogP contribution in [0.4, 0.5) is 0 Å². The van der Waals surface area contributed by atoms with Crippen molar-refractivity contribution < 1.29 is 49.6 Å². The molecule has 0 aliphatic carbocycles. The Balaban J connectivity index is 1.80. The molecule has 30 heavy (non-hydrogen) atoms. The highest BCUT2D eigenvalue weighted by atomic mass is 16.7. The van der Waals surface area contributed by atoms with Gasteiger partial charge in [-0.1, -0.05) is 12.1 Å². The van der Waals surface area contributed by atoms with Gasteiger partial charge in [0.25, 0.3) is 0 Å². The van der Waals surface area contributed by atoms with E-state index in [1.807, 2.05) is 0 Å². The standard InChI is InChI=1S/C19H20O11/c20-7-13-14(24)15(25)16(26)19(29-13)30-17-12(23)6-9(28-18(17)27)3-1-8-2-4-10(21)11(22)5-8/h1-6,13-16,19-26H,7H2/t13-,14-,15+,16-,19+/m1/s1. The Morgan fingerprint density at radius 3 is 2.30 bits per heavy atom. The first-order chi connectivity index (χ1) is 14.2. The Morgan fingerprint density at radius 2 is 1.67 bits per heavy atom. The third kappa shape index (κ3) is 4.40. The maximum Gasteiger partial charge on any atom is 0.383 e. The van der Waals surface area contributed by atoms with Crippen molar-refractivity contribution in [2.45, 2.75) is 30.7 Å². The molecule has 0 bridgehead atoms. The lowest BCUT2D eigenvalue weighted by Crippen LogP contribution is -2.60. The van der Waals surface area contributed by atoms with Gasteiger partial charge in [0.2, 0.25) is 12.0 Å². The molecule has 0 spiro atoms. The van der Waals surface area contributed by atoms with Crippen LogP contribution in [0.3, 0.4) is 0 Å². The van der Waals surface area contributed by atoms with Crippen molar-refractivity contribution in [3.8, 4) is 23.0 Å². The second kappa shape index (κ2) is 8.73. The van der Waals surface area contributed by atoms with Crippen molar-refractivity contribution >= 4 is 12.2 Å². The summed E-state index contributed by atoms with van der Waals surface area (Å²) in [6, 6.07) is 5.05. The van der Waals surface area contributed by atoms with Gasteiger partial charge in [-0.25, -0.2) is 4.79 Å². The Hall–Kier alpha value is -3.09. The molecule has 2 heterocycles. The van der Waals surface area contributed by atoms with E-state index in [-0.39, 0.29) is 17.3 Å². The second-order valence-electron chi connectivity index (χ2n) is 6.55. The van der Waals surface area contributed by atoms with Gasteiger partial charge in [0.05, 0.1) is 6.61 Å². The summed E-state index contributed by atoms with van der Waals surface area (Å²) >= 11 is 0. The zero-order chi connectivity index (χ0) is 22.0. The van der Waals surface area contributed by atoms with Crippen molar-refractivity contribution in [1.82, 2.24) is 0 Å². The predicted octanol–water partition coefficient (Wildman–Crippen LogP) is -0.894.